The maximum Gasteiger partial charge on any atom is 0.321 e. The van der Waals surface area contributed by atoms with Crippen molar-refractivity contribution in [1.29, 1.82) is 0 Å². The number of imidazole rings is 1. The normalized spacial score (nSPS) is 11.0. The van der Waals surface area contributed by atoms with E-state index in [2.05, 4.69) is 24.9 Å². The molecule has 1 aromatic carbocycles. The number of halogens is 1. The summed E-state index contributed by atoms with van der Waals surface area (Å²) in [7, 11) is 0. The predicted molar refractivity (Wildman–Crippen MR) is 81.0 cm³/mol. The fourth-order valence-corrected chi connectivity index (χ4v) is 2.73. The molecule has 0 saturated heterocycles. The second-order valence-electron chi connectivity index (χ2n) is 4.27. The Morgan fingerprint density at radius 1 is 1.24 bits per heavy atom. The largest absolute Gasteiger partial charge is 0.464 e. The highest BCUT2D eigenvalue weighted by Crippen LogP contribution is 2.26. The smallest absolute Gasteiger partial charge is 0.321 e. The number of nitrogens with zero attached hydrogens (tertiary/aromatic N) is 4. The van der Waals surface area contributed by atoms with E-state index in [0.717, 1.165) is 11.0 Å². The lowest BCUT2D eigenvalue weighted by Crippen LogP contribution is -2.00. The first-order valence-electron chi connectivity index (χ1n) is 6.32. The van der Waals surface area contributed by atoms with Crippen molar-refractivity contribution in [2.75, 3.05) is 6.61 Å². The van der Waals surface area contributed by atoms with E-state index in [1.807, 2.05) is 32.0 Å². The molecule has 0 aliphatic carbocycles. The van der Waals surface area contributed by atoms with E-state index in [1.54, 1.807) is 0 Å². The Bertz CT molecular complexity index is 791. The Hall–Kier alpha value is -1.86. The highest BCUT2D eigenvalue weighted by atomic mass is 35.5. The highest BCUT2D eigenvalue weighted by molar-refractivity contribution is 7.99. The molecule has 0 saturated carbocycles. The first-order valence-corrected chi connectivity index (χ1v) is 7.52. The number of benzene rings is 1. The van der Waals surface area contributed by atoms with E-state index in [1.165, 1.54) is 17.3 Å². The zero-order valence-corrected chi connectivity index (χ0v) is 13.0. The molecule has 2 heterocycles. The van der Waals surface area contributed by atoms with Crippen LogP contribution in [0.3, 0.4) is 0 Å². The zero-order chi connectivity index (χ0) is 14.8. The number of H-pyrrole nitrogens is 1. The summed E-state index contributed by atoms with van der Waals surface area (Å²) in [4.78, 5) is 19.8. The summed E-state index contributed by atoms with van der Waals surface area (Å²) in [5.41, 5.74) is 3.04. The van der Waals surface area contributed by atoms with Gasteiger partial charge in [-0.3, -0.25) is 0 Å². The number of hydrogen-bond donors (Lipinski definition) is 1. The Labute approximate surface area is 130 Å². The van der Waals surface area contributed by atoms with Crippen LogP contribution in [0.15, 0.2) is 28.5 Å². The molecule has 3 aromatic rings. The molecule has 21 heavy (non-hydrogen) atoms. The van der Waals surface area contributed by atoms with Crippen LogP contribution in [0.2, 0.25) is 5.28 Å². The molecule has 0 amide bonds. The van der Waals surface area contributed by atoms with Crippen molar-refractivity contribution in [1.82, 2.24) is 24.9 Å². The fourth-order valence-electron chi connectivity index (χ4n) is 1.79. The number of hydrogen-bond acceptors (Lipinski definition) is 6. The molecule has 0 fully saturated rings. The number of aryl methyl sites for hydroxylation is 1. The molecule has 2 aromatic heterocycles. The highest BCUT2D eigenvalue weighted by Gasteiger charge is 2.10. The lowest BCUT2D eigenvalue weighted by Gasteiger charge is -2.02. The predicted octanol–water partition coefficient (Wildman–Crippen LogP) is 3.26. The van der Waals surface area contributed by atoms with Crippen LogP contribution in [-0.4, -0.2) is 31.5 Å². The molecule has 0 atom stereocenters. The van der Waals surface area contributed by atoms with Gasteiger partial charge >= 0.3 is 6.01 Å². The van der Waals surface area contributed by atoms with Gasteiger partial charge in [-0.1, -0.05) is 6.07 Å². The number of nitrogens with one attached hydrogen (secondary N) is 1. The molecule has 0 spiro atoms. The van der Waals surface area contributed by atoms with E-state index in [-0.39, 0.29) is 11.3 Å². The van der Waals surface area contributed by atoms with Crippen LogP contribution in [0.1, 0.15) is 12.5 Å². The van der Waals surface area contributed by atoms with Crippen LogP contribution in [0, 0.1) is 6.92 Å². The lowest BCUT2D eigenvalue weighted by molar-refractivity contribution is 0.307. The van der Waals surface area contributed by atoms with Crippen molar-refractivity contribution in [3.63, 3.8) is 0 Å². The van der Waals surface area contributed by atoms with E-state index in [0.29, 0.717) is 16.9 Å². The minimum absolute atomic E-state index is 0.0999. The van der Waals surface area contributed by atoms with Crippen molar-refractivity contribution >= 4 is 34.4 Å². The van der Waals surface area contributed by atoms with Crippen LogP contribution < -0.4 is 4.74 Å². The summed E-state index contributed by atoms with van der Waals surface area (Å²) in [6, 6.07) is 6.24. The van der Waals surface area contributed by atoms with Gasteiger partial charge in [-0.15, -0.1) is 0 Å². The van der Waals surface area contributed by atoms with Gasteiger partial charge in [0.15, 0.2) is 5.16 Å². The lowest BCUT2D eigenvalue weighted by atomic mass is 10.2. The Morgan fingerprint density at radius 2 is 2.10 bits per heavy atom. The molecule has 108 valence electrons. The van der Waals surface area contributed by atoms with Gasteiger partial charge in [-0.2, -0.15) is 15.0 Å². The van der Waals surface area contributed by atoms with Crippen molar-refractivity contribution < 1.29 is 4.74 Å². The topological polar surface area (TPSA) is 76.6 Å². The number of ether oxygens (including phenoxy) is 1. The Balaban J connectivity index is 1.90. The molecular weight excluding hydrogens is 310 g/mol. The third-order valence-corrected chi connectivity index (χ3v) is 3.57. The molecule has 0 aliphatic rings. The standard InChI is InChI=1S/C13H12ClN5OS/c1-3-20-11-17-10(14)18-13(19-11)21-12-15-8-5-4-7(2)6-9(8)16-12/h4-6H,3H2,1-2H3,(H,15,16). The second-order valence-corrected chi connectivity index (χ2v) is 5.56. The minimum Gasteiger partial charge on any atom is -0.464 e. The number of fused-ring (bicyclic) bond motifs is 1. The second kappa shape index (κ2) is 5.87. The van der Waals surface area contributed by atoms with E-state index >= 15 is 0 Å². The van der Waals surface area contributed by atoms with Crippen LogP contribution in [-0.2, 0) is 0 Å². The first kappa shape index (κ1) is 14.1. The maximum atomic E-state index is 5.87. The Morgan fingerprint density at radius 3 is 2.90 bits per heavy atom. The molecule has 1 N–H and O–H groups in total. The van der Waals surface area contributed by atoms with Gasteiger partial charge in [0.1, 0.15) is 0 Å². The number of aromatic amines is 1. The van der Waals surface area contributed by atoms with Gasteiger partial charge in [-0.25, -0.2) is 4.98 Å². The quantitative estimate of drug-likeness (QED) is 0.794. The molecule has 3 rings (SSSR count). The van der Waals surface area contributed by atoms with Crippen LogP contribution >= 0.6 is 23.4 Å². The monoisotopic (exact) mass is 321 g/mol. The molecule has 8 heteroatoms. The number of aromatic nitrogens is 5. The molecule has 0 bridgehead atoms. The van der Waals surface area contributed by atoms with E-state index in [9.17, 15) is 0 Å². The maximum absolute atomic E-state index is 5.87. The minimum atomic E-state index is 0.0999. The van der Waals surface area contributed by atoms with Gasteiger partial charge < -0.3 is 9.72 Å². The SMILES string of the molecule is CCOc1nc(Cl)nc(Sc2nc3ccc(C)cc3[nH]2)n1. The summed E-state index contributed by atoms with van der Waals surface area (Å²) < 4.78 is 5.25. The average Bonchev–Trinajstić information content (AvgIpc) is 2.79. The third-order valence-electron chi connectivity index (χ3n) is 2.64. The van der Waals surface area contributed by atoms with Gasteiger partial charge in [-0.05, 0) is 54.9 Å². The molecule has 0 aliphatic heterocycles. The average molecular weight is 322 g/mol. The van der Waals surface area contributed by atoms with E-state index < -0.39 is 0 Å². The fraction of sp³-hybridized carbons (Fsp3) is 0.231. The molecular formula is C13H12ClN5OS. The van der Waals surface area contributed by atoms with Crippen LogP contribution in [0.25, 0.3) is 11.0 Å². The first-order chi connectivity index (χ1) is 10.1. The molecule has 0 radical (unpaired) electrons. The van der Waals surface area contributed by atoms with Gasteiger partial charge in [0, 0.05) is 0 Å². The van der Waals surface area contributed by atoms with Gasteiger partial charge in [0.2, 0.25) is 10.4 Å². The summed E-state index contributed by atoms with van der Waals surface area (Å²) >= 11 is 7.15. The molecule has 0 unspecified atom stereocenters. The van der Waals surface area contributed by atoms with Gasteiger partial charge in [0.05, 0.1) is 17.6 Å². The van der Waals surface area contributed by atoms with Crippen molar-refractivity contribution in [3.8, 4) is 6.01 Å². The van der Waals surface area contributed by atoms with Crippen molar-refractivity contribution in [3.05, 3.63) is 29.0 Å². The summed E-state index contributed by atoms with van der Waals surface area (Å²) in [5.74, 6) is 0. The molecule has 6 nitrogen and oxygen atoms in total. The third kappa shape index (κ3) is 3.25. The van der Waals surface area contributed by atoms with Crippen molar-refractivity contribution in [2.45, 2.75) is 24.2 Å². The van der Waals surface area contributed by atoms with Gasteiger partial charge in [0.25, 0.3) is 0 Å². The zero-order valence-electron chi connectivity index (χ0n) is 11.4. The summed E-state index contributed by atoms with van der Waals surface area (Å²) in [6.45, 7) is 4.35. The van der Waals surface area contributed by atoms with E-state index in [4.69, 9.17) is 16.3 Å². The summed E-state index contributed by atoms with van der Waals surface area (Å²) in [5, 5.41) is 1.23. The summed E-state index contributed by atoms with van der Waals surface area (Å²) in [6.07, 6.45) is 0. The number of rotatable bonds is 4. The Kier molecular flexibility index (Phi) is 3.94. The van der Waals surface area contributed by atoms with Crippen LogP contribution in [0.4, 0.5) is 0 Å². The van der Waals surface area contributed by atoms with Crippen molar-refractivity contribution in [2.24, 2.45) is 0 Å². The van der Waals surface area contributed by atoms with Crippen LogP contribution in [0.5, 0.6) is 6.01 Å².